The lowest BCUT2D eigenvalue weighted by molar-refractivity contribution is 0.168. The molecule has 3 heterocycles. The minimum Gasteiger partial charge on any atom is -0.412 e. The fourth-order valence-corrected chi connectivity index (χ4v) is 3.40. The van der Waals surface area contributed by atoms with Crippen LogP contribution in [0.1, 0.15) is 7.43 Å². The van der Waals surface area contributed by atoms with E-state index in [1.165, 1.54) is 7.11 Å². The molecule has 0 aliphatic heterocycles. The number of rotatable bonds is 4. The van der Waals surface area contributed by atoms with E-state index >= 15 is 0 Å². The number of aromatic nitrogens is 4. The average molecular weight is 430 g/mol. The van der Waals surface area contributed by atoms with Crippen molar-refractivity contribution in [2.45, 2.75) is 7.43 Å². The molecule has 1 N–H and O–H groups in total. The van der Waals surface area contributed by atoms with Crippen LogP contribution in [0.4, 0.5) is 11.6 Å². The Kier molecular flexibility index (Phi) is 6.00. The summed E-state index contributed by atoms with van der Waals surface area (Å²) in [7, 11) is 1.39. The summed E-state index contributed by atoms with van der Waals surface area (Å²) in [6, 6.07) is 10.3. The first kappa shape index (κ1) is 20.6. The molecular formula is C20H17Cl2N5O2. The molecule has 0 spiro atoms. The number of hydrogen-bond acceptors (Lipinski definition) is 6. The summed E-state index contributed by atoms with van der Waals surface area (Å²) in [6.45, 7) is 0. The Balaban J connectivity index is 0.00000240. The van der Waals surface area contributed by atoms with Gasteiger partial charge in [-0.05, 0) is 30.3 Å². The van der Waals surface area contributed by atoms with Crippen molar-refractivity contribution in [2.75, 3.05) is 12.4 Å². The zero-order valence-electron chi connectivity index (χ0n) is 14.6. The summed E-state index contributed by atoms with van der Waals surface area (Å²) in [5.74, 6) is 0.312. The fraction of sp³-hybridized carbons (Fsp3) is 0.100. The molecule has 0 saturated heterocycles. The summed E-state index contributed by atoms with van der Waals surface area (Å²) < 4.78 is 1.09. The summed E-state index contributed by atoms with van der Waals surface area (Å²) >= 11 is 12.6. The van der Waals surface area contributed by atoms with Crippen molar-refractivity contribution in [2.24, 2.45) is 0 Å². The lowest BCUT2D eigenvalue weighted by Crippen LogP contribution is -2.27. The summed E-state index contributed by atoms with van der Waals surface area (Å²) in [5.41, 5.74) is 1.37. The first-order valence-electron chi connectivity index (χ1n) is 8.17. The van der Waals surface area contributed by atoms with Crippen molar-refractivity contribution in [1.82, 2.24) is 19.7 Å². The lowest BCUT2D eigenvalue weighted by Gasteiger charge is -2.13. The van der Waals surface area contributed by atoms with E-state index in [-0.39, 0.29) is 7.43 Å². The summed E-state index contributed by atoms with van der Waals surface area (Å²) in [4.78, 5) is 31.0. The SMILES string of the molecule is C.COn1c(=O)c(-c2c(Cl)cccc2Cl)cc2cnc(Nc3ccncc3)nc21. The maximum absolute atomic E-state index is 13.0. The zero-order valence-corrected chi connectivity index (χ0v) is 16.1. The third kappa shape index (κ3) is 3.87. The Morgan fingerprint density at radius 2 is 1.79 bits per heavy atom. The van der Waals surface area contributed by atoms with Gasteiger partial charge in [0.2, 0.25) is 5.95 Å². The van der Waals surface area contributed by atoms with Crippen LogP contribution in [0.3, 0.4) is 0 Å². The standard InChI is InChI=1S/C19H13Cl2N5O2.CH4/c1-28-26-17-11(10-23-19(25-17)24-12-5-7-22-8-6-12)9-13(18(26)27)16-14(20)3-2-4-15(16)21;/h2-10H,1H3,(H,22,23,24,25);1H4. The minimum atomic E-state index is -0.432. The zero-order chi connectivity index (χ0) is 19.7. The van der Waals surface area contributed by atoms with Crippen LogP contribution >= 0.6 is 23.2 Å². The van der Waals surface area contributed by atoms with Gasteiger partial charge in [0.15, 0.2) is 5.65 Å². The highest BCUT2D eigenvalue weighted by atomic mass is 35.5. The molecule has 0 radical (unpaired) electrons. The molecule has 0 atom stereocenters. The van der Waals surface area contributed by atoms with Crippen LogP contribution in [-0.4, -0.2) is 26.8 Å². The van der Waals surface area contributed by atoms with Crippen LogP contribution in [0.5, 0.6) is 0 Å². The molecular weight excluding hydrogens is 413 g/mol. The van der Waals surface area contributed by atoms with E-state index in [2.05, 4.69) is 20.3 Å². The van der Waals surface area contributed by atoms with Crippen LogP contribution in [0.2, 0.25) is 10.0 Å². The third-order valence-electron chi connectivity index (χ3n) is 4.05. The molecule has 0 amide bonds. The molecule has 4 rings (SSSR count). The van der Waals surface area contributed by atoms with Gasteiger partial charge >= 0.3 is 0 Å². The van der Waals surface area contributed by atoms with Gasteiger partial charge in [-0.2, -0.15) is 4.98 Å². The first-order chi connectivity index (χ1) is 13.6. The number of anilines is 2. The van der Waals surface area contributed by atoms with Crippen molar-refractivity contribution in [1.29, 1.82) is 0 Å². The van der Waals surface area contributed by atoms with Gasteiger partial charge in [-0.25, -0.2) is 4.98 Å². The van der Waals surface area contributed by atoms with Crippen LogP contribution in [0, 0.1) is 0 Å². The molecule has 7 nitrogen and oxygen atoms in total. The molecule has 0 fully saturated rings. The van der Waals surface area contributed by atoms with E-state index in [0.29, 0.717) is 38.2 Å². The fourth-order valence-electron chi connectivity index (χ4n) is 2.80. The molecule has 0 bridgehead atoms. The average Bonchev–Trinajstić information content (AvgIpc) is 2.69. The van der Waals surface area contributed by atoms with Crippen LogP contribution in [0.25, 0.3) is 22.2 Å². The molecule has 0 saturated carbocycles. The smallest absolute Gasteiger partial charge is 0.293 e. The third-order valence-corrected chi connectivity index (χ3v) is 4.68. The maximum Gasteiger partial charge on any atom is 0.293 e. The number of pyridine rings is 2. The van der Waals surface area contributed by atoms with Crippen molar-refractivity contribution in [3.63, 3.8) is 0 Å². The number of fused-ring (bicyclic) bond motifs is 1. The van der Waals surface area contributed by atoms with Gasteiger partial charge < -0.3 is 10.2 Å². The highest BCUT2D eigenvalue weighted by molar-refractivity contribution is 6.39. The lowest BCUT2D eigenvalue weighted by atomic mass is 10.1. The molecule has 9 heteroatoms. The highest BCUT2D eigenvalue weighted by Gasteiger charge is 2.18. The Hall–Kier alpha value is -3.16. The number of nitrogens with zero attached hydrogens (tertiary/aromatic N) is 4. The second kappa shape index (κ2) is 8.46. The predicted octanol–water partition coefficient (Wildman–Crippen LogP) is 4.60. The Labute approximate surface area is 176 Å². The largest absolute Gasteiger partial charge is 0.412 e. The van der Waals surface area contributed by atoms with Gasteiger partial charge in [0.05, 0.1) is 15.6 Å². The van der Waals surface area contributed by atoms with Gasteiger partial charge in [0.25, 0.3) is 5.56 Å². The number of benzene rings is 1. The van der Waals surface area contributed by atoms with Crippen molar-refractivity contribution in [3.8, 4) is 11.1 Å². The van der Waals surface area contributed by atoms with Crippen LogP contribution in [0.15, 0.2) is 59.8 Å². The molecule has 3 aromatic heterocycles. The van der Waals surface area contributed by atoms with Gasteiger partial charge in [0.1, 0.15) is 7.11 Å². The molecule has 0 aliphatic carbocycles. The van der Waals surface area contributed by atoms with Gasteiger partial charge in [-0.1, -0.05) is 36.7 Å². The Morgan fingerprint density at radius 3 is 2.45 bits per heavy atom. The van der Waals surface area contributed by atoms with Crippen LogP contribution < -0.4 is 15.7 Å². The van der Waals surface area contributed by atoms with Crippen LogP contribution in [-0.2, 0) is 0 Å². The molecule has 4 aromatic rings. The predicted molar refractivity (Wildman–Crippen MR) is 116 cm³/mol. The molecule has 0 aliphatic rings. The first-order valence-corrected chi connectivity index (χ1v) is 8.93. The quantitative estimate of drug-likeness (QED) is 0.510. The maximum atomic E-state index is 13.0. The van der Waals surface area contributed by atoms with E-state index in [0.717, 1.165) is 10.4 Å². The normalized spacial score (nSPS) is 10.4. The molecule has 1 aromatic carbocycles. The van der Waals surface area contributed by atoms with Crippen molar-refractivity contribution >= 4 is 45.9 Å². The Bertz CT molecular complexity index is 1210. The van der Waals surface area contributed by atoms with Crippen molar-refractivity contribution in [3.05, 3.63) is 75.4 Å². The monoisotopic (exact) mass is 429 g/mol. The molecule has 148 valence electrons. The number of halogens is 2. The van der Waals surface area contributed by atoms with Gasteiger partial charge in [0, 0.05) is 35.2 Å². The Morgan fingerprint density at radius 1 is 1.10 bits per heavy atom. The molecule has 29 heavy (non-hydrogen) atoms. The summed E-state index contributed by atoms with van der Waals surface area (Å²) in [5, 5.41) is 4.38. The molecule has 0 unspecified atom stereocenters. The van der Waals surface area contributed by atoms with E-state index in [4.69, 9.17) is 28.0 Å². The minimum absolute atomic E-state index is 0. The van der Waals surface area contributed by atoms with E-state index in [1.807, 2.05) is 0 Å². The summed E-state index contributed by atoms with van der Waals surface area (Å²) in [6.07, 6.45) is 4.89. The number of hydrogen-bond donors (Lipinski definition) is 1. The second-order valence-corrected chi connectivity index (χ2v) is 6.58. The van der Waals surface area contributed by atoms with E-state index in [9.17, 15) is 4.79 Å². The second-order valence-electron chi connectivity index (χ2n) is 5.77. The van der Waals surface area contributed by atoms with Gasteiger partial charge in [-0.3, -0.25) is 9.78 Å². The van der Waals surface area contributed by atoms with Gasteiger partial charge in [-0.15, -0.1) is 4.73 Å². The number of nitrogens with one attached hydrogen (secondary N) is 1. The van der Waals surface area contributed by atoms with E-state index in [1.54, 1.807) is 55.0 Å². The van der Waals surface area contributed by atoms with Crippen molar-refractivity contribution < 1.29 is 4.84 Å². The highest BCUT2D eigenvalue weighted by Crippen LogP contribution is 2.33. The van der Waals surface area contributed by atoms with E-state index < -0.39 is 5.56 Å². The topological polar surface area (TPSA) is 81.9 Å².